The topological polar surface area (TPSA) is 69.7 Å². The Balaban J connectivity index is 2.38. The zero-order valence-electron chi connectivity index (χ0n) is 5.02. The van der Waals surface area contributed by atoms with Crippen LogP contribution in [0.15, 0.2) is 20.0 Å². The second-order valence-corrected chi connectivity index (χ2v) is 1.82. The summed E-state index contributed by atoms with van der Waals surface area (Å²) in [6, 6.07) is 0. The first kappa shape index (κ1) is 5.43. The highest BCUT2D eigenvalue weighted by atomic mass is 16.3. The van der Waals surface area contributed by atoms with Crippen LogP contribution in [0.1, 0.15) is 0 Å². The summed E-state index contributed by atoms with van der Waals surface area (Å²) in [5, 5.41) is 8.58. The molecule has 2 aliphatic heterocycles. The molecule has 0 radical (unpaired) electrons. The van der Waals surface area contributed by atoms with Crippen LogP contribution in [0.5, 0.6) is 0 Å². The molecular formula is C5H4N4O. The van der Waals surface area contributed by atoms with Gasteiger partial charge in [-0.05, 0) is 0 Å². The normalized spacial score (nSPS) is 20.3. The minimum absolute atomic E-state index is 0.155. The summed E-state index contributed by atoms with van der Waals surface area (Å²) < 4.78 is 0. The molecule has 5 heteroatoms. The molecule has 0 fully saturated rings. The number of aliphatic imine (C=N–C) groups is 4. The first-order valence-electron chi connectivity index (χ1n) is 2.78. The van der Waals surface area contributed by atoms with Crippen LogP contribution in [0.4, 0.5) is 0 Å². The van der Waals surface area contributed by atoms with Crippen LogP contribution in [0, 0.1) is 0 Å². The zero-order valence-corrected chi connectivity index (χ0v) is 5.02. The molecule has 2 heterocycles. The summed E-state index contributed by atoms with van der Waals surface area (Å²) >= 11 is 0. The quantitative estimate of drug-likeness (QED) is 0.505. The minimum atomic E-state index is -0.155. The lowest BCUT2D eigenvalue weighted by molar-refractivity contribution is 0.356. The lowest BCUT2D eigenvalue weighted by Gasteiger charge is -1.82. The summed E-state index contributed by atoms with van der Waals surface area (Å²) in [6.45, 7) is -0.155. The fourth-order valence-corrected chi connectivity index (χ4v) is 0.752. The smallest absolute Gasteiger partial charge is 0.201 e. The molecule has 0 spiro atoms. The van der Waals surface area contributed by atoms with Crippen LogP contribution in [0.3, 0.4) is 0 Å². The maximum absolute atomic E-state index is 8.58. The molecule has 0 amide bonds. The van der Waals surface area contributed by atoms with Crippen molar-refractivity contribution in [2.24, 2.45) is 20.0 Å². The molecule has 2 rings (SSSR count). The molecule has 0 saturated carbocycles. The predicted octanol–water partition coefficient (Wildman–Crippen LogP) is -0.770. The van der Waals surface area contributed by atoms with Crippen LogP contribution in [-0.2, 0) is 0 Å². The standard InChI is InChI=1S/C5H4N4O/c10-1-3-8-4-5(9-3)7-2-6-4/h2,10H,1H2. The van der Waals surface area contributed by atoms with Gasteiger partial charge in [-0.1, -0.05) is 0 Å². The number of hydrogen-bond acceptors (Lipinski definition) is 5. The fraction of sp³-hybridized carbons (Fsp3) is 0.200. The summed E-state index contributed by atoms with van der Waals surface area (Å²) in [5.74, 6) is 1.39. The van der Waals surface area contributed by atoms with Gasteiger partial charge in [0.15, 0.2) is 5.84 Å². The highest BCUT2D eigenvalue weighted by Crippen LogP contribution is 2.04. The van der Waals surface area contributed by atoms with Gasteiger partial charge in [-0.2, -0.15) is 0 Å². The van der Waals surface area contributed by atoms with E-state index in [0.29, 0.717) is 17.5 Å². The van der Waals surface area contributed by atoms with Gasteiger partial charge in [-0.15, -0.1) is 0 Å². The molecule has 0 aromatic carbocycles. The van der Waals surface area contributed by atoms with Gasteiger partial charge in [0.25, 0.3) is 0 Å². The number of nitrogens with zero attached hydrogens (tertiary/aromatic N) is 4. The van der Waals surface area contributed by atoms with Gasteiger partial charge >= 0.3 is 0 Å². The Kier molecular flexibility index (Phi) is 0.983. The second kappa shape index (κ2) is 1.81. The first-order chi connectivity index (χ1) is 4.90. The number of amidine groups is 3. The summed E-state index contributed by atoms with van der Waals surface area (Å²) in [4.78, 5) is 15.3. The highest BCUT2D eigenvalue weighted by Gasteiger charge is 2.18. The third-order valence-electron chi connectivity index (χ3n) is 1.17. The Morgan fingerprint density at radius 2 is 2.20 bits per heavy atom. The van der Waals surface area contributed by atoms with E-state index in [9.17, 15) is 0 Å². The maximum Gasteiger partial charge on any atom is 0.201 e. The van der Waals surface area contributed by atoms with Crippen molar-refractivity contribution >= 4 is 23.8 Å². The molecule has 0 aromatic rings. The molecule has 0 aromatic heterocycles. The van der Waals surface area contributed by atoms with E-state index in [1.54, 1.807) is 0 Å². The van der Waals surface area contributed by atoms with Gasteiger partial charge in [-0.25, -0.2) is 20.0 Å². The average Bonchev–Trinajstić information content (AvgIpc) is 2.42. The van der Waals surface area contributed by atoms with Gasteiger partial charge in [-0.3, -0.25) is 0 Å². The molecule has 0 aliphatic carbocycles. The number of aliphatic hydroxyl groups is 1. The van der Waals surface area contributed by atoms with Crippen molar-refractivity contribution in [1.82, 2.24) is 0 Å². The lowest BCUT2D eigenvalue weighted by atomic mass is 10.6. The van der Waals surface area contributed by atoms with Crippen molar-refractivity contribution in [3.63, 3.8) is 0 Å². The monoisotopic (exact) mass is 136 g/mol. The number of aliphatic hydroxyl groups excluding tert-OH is 1. The van der Waals surface area contributed by atoms with Crippen LogP contribution >= 0.6 is 0 Å². The Labute approximate surface area is 56.6 Å². The Morgan fingerprint density at radius 1 is 1.30 bits per heavy atom. The van der Waals surface area contributed by atoms with Crippen LogP contribution in [0.25, 0.3) is 0 Å². The third-order valence-corrected chi connectivity index (χ3v) is 1.17. The first-order valence-corrected chi connectivity index (χ1v) is 2.78. The predicted molar refractivity (Wildman–Crippen MR) is 37.9 cm³/mol. The molecule has 0 unspecified atom stereocenters. The van der Waals surface area contributed by atoms with Crippen molar-refractivity contribution in [3.8, 4) is 0 Å². The van der Waals surface area contributed by atoms with Crippen LogP contribution in [-0.4, -0.2) is 35.6 Å². The number of rotatable bonds is 1. The number of fused-ring (bicyclic) bond motifs is 1. The third kappa shape index (κ3) is 0.608. The Bertz CT molecular complexity index is 286. The molecule has 0 atom stereocenters. The molecule has 1 N–H and O–H groups in total. The fourth-order valence-electron chi connectivity index (χ4n) is 0.752. The second-order valence-electron chi connectivity index (χ2n) is 1.82. The summed E-state index contributed by atoms with van der Waals surface area (Å²) in [5.41, 5.74) is 0. The number of hydrogen-bond donors (Lipinski definition) is 1. The SMILES string of the molecule is OCC1=NC2=NC=NC2=N1. The van der Waals surface area contributed by atoms with E-state index in [-0.39, 0.29) is 6.61 Å². The molecule has 0 saturated heterocycles. The van der Waals surface area contributed by atoms with Gasteiger partial charge in [0, 0.05) is 0 Å². The van der Waals surface area contributed by atoms with Gasteiger partial charge in [0.05, 0.1) is 0 Å². The molecule has 0 bridgehead atoms. The van der Waals surface area contributed by atoms with Crippen LogP contribution in [0.2, 0.25) is 0 Å². The van der Waals surface area contributed by atoms with Crippen molar-refractivity contribution in [1.29, 1.82) is 0 Å². The van der Waals surface area contributed by atoms with E-state index in [1.165, 1.54) is 6.34 Å². The Morgan fingerprint density at radius 3 is 2.90 bits per heavy atom. The maximum atomic E-state index is 8.58. The van der Waals surface area contributed by atoms with E-state index < -0.39 is 0 Å². The summed E-state index contributed by atoms with van der Waals surface area (Å²) in [7, 11) is 0. The van der Waals surface area contributed by atoms with Crippen molar-refractivity contribution in [2.45, 2.75) is 0 Å². The minimum Gasteiger partial charge on any atom is -0.388 e. The van der Waals surface area contributed by atoms with Crippen molar-refractivity contribution < 1.29 is 5.11 Å². The largest absolute Gasteiger partial charge is 0.388 e. The molecule has 50 valence electrons. The van der Waals surface area contributed by atoms with Crippen molar-refractivity contribution in [3.05, 3.63) is 0 Å². The van der Waals surface area contributed by atoms with E-state index >= 15 is 0 Å². The van der Waals surface area contributed by atoms with Crippen LogP contribution < -0.4 is 0 Å². The van der Waals surface area contributed by atoms with E-state index in [1.807, 2.05) is 0 Å². The van der Waals surface area contributed by atoms with E-state index in [4.69, 9.17) is 5.11 Å². The lowest BCUT2D eigenvalue weighted by Crippen LogP contribution is -1.97. The highest BCUT2D eigenvalue weighted by molar-refractivity contribution is 6.50. The van der Waals surface area contributed by atoms with E-state index in [2.05, 4.69) is 20.0 Å². The zero-order chi connectivity index (χ0) is 6.97. The molecular weight excluding hydrogens is 132 g/mol. The average molecular weight is 136 g/mol. The molecule has 5 nitrogen and oxygen atoms in total. The van der Waals surface area contributed by atoms with Gasteiger partial charge in [0.2, 0.25) is 11.7 Å². The molecule has 10 heavy (non-hydrogen) atoms. The van der Waals surface area contributed by atoms with Gasteiger partial charge in [0.1, 0.15) is 12.9 Å². The van der Waals surface area contributed by atoms with Crippen molar-refractivity contribution in [2.75, 3.05) is 6.61 Å². The van der Waals surface area contributed by atoms with Gasteiger partial charge < -0.3 is 5.11 Å². The molecule has 2 aliphatic rings. The summed E-state index contributed by atoms with van der Waals surface area (Å²) in [6.07, 6.45) is 1.39. The van der Waals surface area contributed by atoms with E-state index in [0.717, 1.165) is 0 Å². The Hall–Kier alpha value is -1.36.